The van der Waals surface area contributed by atoms with E-state index >= 15 is 0 Å². The minimum atomic E-state index is -0.356. The lowest BCUT2D eigenvalue weighted by molar-refractivity contribution is -0.138. The van der Waals surface area contributed by atoms with Gasteiger partial charge in [-0.1, -0.05) is 0 Å². The minimum absolute atomic E-state index is 0.00547. The Hall–Kier alpha value is -3.03. The van der Waals surface area contributed by atoms with Gasteiger partial charge in [-0.25, -0.2) is 9.37 Å². The van der Waals surface area contributed by atoms with E-state index in [-0.39, 0.29) is 49.3 Å². The smallest absolute Gasteiger partial charge is 0.229 e. The fraction of sp³-hybridized carbons (Fsp3) is 0.294. The molecule has 7 nitrogen and oxygen atoms in total. The number of imidazole rings is 1. The van der Waals surface area contributed by atoms with Gasteiger partial charge in [-0.3, -0.25) is 19.3 Å². The Bertz CT molecular complexity index is 813. The summed E-state index contributed by atoms with van der Waals surface area (Å²) < 4.78 is 14.7. The predicted molar refractivity (Wildman–Crippen MR) is 87.8 cm³/mol. The van der Waals surface area contributed by atoms with Crippen LogP contribution in [0.4, 0.5) is 10.2 Å². The van der Waals surface area contributed by atoms with E-state index in [9.17, 15) is 18.8 Å². The number of aryl methyl sites for hydroxylation is 1. The van der Waals surface area contributed by atoms with Gasteiger partial charge < -0.3 is 9.88 Å². The molecule has 1 aliphatic rings. The summed E-state index contributed by atoms with van der Waals surface area (Å²) in [4.78, 5) is 40.7. The molecular weight excluding hydrogens is 327 g/mol. The second-order valence-corrected chi connectivity index (χ2v) is 5.80. The van der Waals surface area contributed by atoms with Crippen molar-refractivity contribution >= 4 is 23.5 Å². The van der Waals surface area contributed by atoms with Crippen LogP contribution in [0.1, 0.15) is 19.3 Å². The quantitative estimate of drug-likeness (QED) is 0.837. The standard InChI is InChI=1S/C17H17FN4O3/c1-21-10-19-16(11-2-4-12(18)5-3-11)17(21)20-13(23)8-9-22-14(24)6-7-15(22)25/h2-5,10H,6-9H2,1H3,(H,20,23). The summed E-state index contributed by atoms with van der Waals surface area (Å²) in [5.41, 5.74) is 1.19. The van der Waals surface area contributed by atoms with Crippen LogP contribution in [0.15, 0.2) is 30.6 Å². The van der Waals surface area contributed by atoms with Crippen molar-refractivity contribution in [2.45, 2.75) is 19.3 Å². The Morgan fingerprint density at radius 3 is 2.48 bits per heavy atom. The third-order valence-electron chi connectivity index (χ3n) is 4.03. The minimum Gasteiger partial charge on any atom is -0.320 e. The van der Waals surface area contributed by atoms with Crippen molar-refractivity contribution in [3.8, 4) is 11.3 Å². The number of halogens is 1. The van der Waals surface area contributed by atoms with Crippen LogP contribution in [0.2, 0.25) is 0 Å². The first-order valence-electron chi connectivity index (χ1n) is 7.86. The van der Waals surface area contributed by atoms with Crippen molar-refractivity contribution in [3.05, 3.63) is 36.4 Å². The first-order chi connectivity index (χ1) is 12.0. The maximum absolute atomic E-state index is 13.1. The molecule has 0 radical (unpaired) electrons. The number of nitrogens with one attached hydrogen (secondary N) is 1. The molecule has 1 saturated heterocycles. The zero-order valence-electron chi connectivity index (χ0n) is 13.7. The topological polar surface area (TPSA) is 84.3 Å². The molecule has 1 aliphatic heterocycles. The number of hydrogen-bond donors (Lipinski definition) is 1. The highest BCUT2D eigenvalue weighted by Crippen LogP contribution is 2.26. The SMILES string of the molecule is Cn1cnc(-c2ccc(F)cc2)c1NC(=O)CCN1C(=O)CCC1=O. The highest BCUT2D eigenvalue weighted by Gasteiger charge is 2.29. The third-order valence-corrected chi connectivity index (χ3v) is 4.03. The summed E-state index contributed by atoms with van der Waals surface area (Å²) in [7, 11) is 1.73. The van der Waals surface area contributed by atoms with Crippen molar-refractivity contribution in [2.24, 2.45) is 7.05 Å². The molecule has 3 rings (SSSR count). The number of carbonyl (C=O) groups excluding carboxylic acids is 3. The lowest BCUT2D eigenvalue weighted by Crippen LogP contribution is -2.32. The first-order valence-corrected chi connectivity index (χ1v) is 7.86. The Balaban J connectivity index is 1.69. The van der Waals surface area contributed by atoms with Gasteiger partial charge in [0, 0.05) is 38.4 Å². The third kappa shape index (κ3) is 3.57. The van der Waals surface area contributed by atoms with E-state index < -0.39 is 0 Å². The molecule has 25 heavy (non-hydrogen) atoms. The number of nitrogens with zero attached hydrogens (tertiary/aromatic N) is 3. The Kier molecular flexibility index (Phi) is 4.60. The second-order valence-electron chi connectivity index (χ2n) is 5.80. The molecule has 0 spiro atoms. The van der Waals surface area contributed by atoms with Crippen LogP contribution in [0.3, 0.4) is 0 Å². The molecule has 0 saturated carbocycles. The number of imide groups is 1. The maximum Gasteiger partial charge on any atom is 0.229 e. The Labute approximate surface area is 143 Å². The lowest BCUT2D eigenvalue weighted by atomic mass is 10.1. The van der Waals surface area contributed by atoms with Gasteiger partial charge in [-0.05, 0) is 24.3 Å². The number of benzene rings is 1. The van der Waals surface area contributed by atoms with Crippen LogP contribution >= 0.6 is 0 Å². The van der Waals surface area contributed by atoms with Gasteiger partial charge in [0.1, 0.15) is 17.3 Å². The summed E-state index contributed by atoms with van der Waals surface area (Å²) in [6, 6.07) is 5.80. The summed E-state index contributed by atoms with van der Waals surface area (Å²) in [5.74, 6) is -0.712. The van der Waals surface area contributed by atoms with Crippen LogP contribution in [0, 0.1) is 5.82 Å². The van der Waals surface area contributed by atoms with Gasteiger partial charge in [-0.2, -0.15) is 0 Å². The molecule has 1 fully saturated rings. The molecule has 1 aromatic heterocycles. The van der Waals surface area contributed by atoms with E-state index in [1.54, 1.807) is 30.1 Å². The molecule has 2 heterocycles. The number of amides is 3. The second kappa shape index (κ2) is 6.84. The number of anilines is 1. The molecule has 0 aliphatic carbocycles. The number of likely N-dealkylation sites (tertiary alicyclic amines) is 1. The van der Waals surface area contributed by atoms with Gasteiger partial charge in [0.15, 0.2) is 0 Å². The highest BCUT2D eigenvalue weighted by atomic mass is 19.1. The van der Waals surface area contributed by atoms with Crippen molar-refractivity contribution in [3.63, 3.8) is 0 Å². The maximum atomic E-state index is 13.1. The molecule has 1 aromatic carbocycles. The number of hydrogen-bond acceptors (Lipinski definition) is 4. The normalized spacial score (nSPS) is 14.2. The molecule has 3 amide bonds. The van der Waals surface area contributed by atoms with Crippen LogP contribution in [0.5, 0.6) is 0 Å². The fourth-order valence-electron chi connectivity index (χ4n) is 2.68. The van der Waals surface area contributed by atoms with E-state index in [1.165, 1.54) is 12.1 Å². The van der Waals surface area contributed by atoms with Crippen molar-refractivity contribution in [1.82, 2.24) is 14.5 Å². The van der Waals surface area contributed by atoms with Gasteiger partial charge in [0.05, 0.1) is 6.33 Å². The Morgan fingerprint density at radius 2 is 1.84 bits per heavy atom. The number of aromatic nitrogens is 2. The monoisotopic (exact) mass is 344 g/mol. The van der Waals surface area contributed by atoms with E-state index in [2.05, 4.69) is 10.3 Å². The average Bonchev–Trinajstić information content (AvgIpc) is 3.10. The van der Waals surface area contributed by atoms with Crippen LogP contribution in [-0.2, 0) is 21.4 Å². The van der Waals surface area contributed by atoms with E-state index in [0.717, 1.165) is 4.90 Å². The van der Waals surface area contributed by atoms with Gasteiger partial charge >= 0.3 is 0 Å². The number of rotatable bonds is 5. The van der Waals surface area contributed by atoms with Gasteiger partial charge in [0.25, 0.3) is 0 Å². The largest absolute Gasteiger partial charge is 0.320 e. The summed E-state index contributed by atoms with van der Waals surface area (Å²) in [5, 5.41) is 2.74. The van der Waals surface area contributed by atoms with Crippen molar-refractivity contribution in [2.75, 3.05) is 11.9 Å². The van der Waals surface area contributed by atoms with Crippen LogP contribution in [0.25, 0.3) is 11.3 Å². The van der Waals surface area contributed by atoms with Gasteiger partial charge in [0.2, 0.25) is 17.7 Å². The highest BCUT2D eigenvalue weighted by molar-refractivity contribution is 6.02. The lowest BCUT2D eigenvalue weighted by Gasteiger charge is -2.14. The zero-order valence-corrected chi connectivity index (χ0v) is 13.7. The summed E-state index contributed by atoms with van der Waals surface area (Å²) in [6.07, 6.45) is 1.96. The molecule has 0 unspecified atom stereocenters. The molecule has 0 atom stereocenters. The fourth-order valence-corrected chi connectivity index (χ4v) is 2.68. The first kappa shape index (κ1) is 16.8. The van der Waals surface area contributed by atoms with E-state index in [0.29, 0.717) is 17.1 Å². The van der Waals surface area contributed by atoms with Crippen molar-refractivity contribution < 1.29 is 18.8 Å². The van der Waals surface area contributed by atoms with Crippen LogP contribution < -0.4 is 5.32 Å². The molecule has 2 aromatic rings. The Morgan fingerprint density at radius 1 is 1.20 bits per heavy atom. The predicted octanol–water partition coefficient (Wildman–Crippen LogP) is 1.70. The number of carbonyl (C=O) groups is 3. The summed E-state index contributed by atoms with van der Waals surface area (Å²) >= 11 is 0. The zero-order chi connectivity index (χ0) is 18.0. The van der Waals surface area contributed by atoms with E-state index in [4.69, 9.17) is 0 Å². The molecule has 8 heteroatoms. The van der Waals surface area contributed by atoms with E-state index in [1.807, 2.05) is 0 Å². The summed E-state index contributed by atoms with van der Waals surface area (Å²) in [6.45, 7) is 0.0627. The molecule has 0 bridgehead atoms. The van der Waals surface area contributed by atoms with Gasteiger partial charge in [-0.15, -0.1) is 0 Å². The van der Waals surface area contributed by atoms with Crippen LogP contribution in [-0.4, -0.2) is 38.7 Å². The molecule has 130 valence electrons. The molecule has 1 N–H and O–H groups in total. The molecular formula is C17H17FN4O3. The average molecular weight is 344 g/mol. The van der Waals surface area contributed by atoms with Crippen molar-refractivity contribution in [1.29, 1.82) is 0 Å².